The van der Waals surface area contributed by atoms with Crippen molar-refractivity contribution in [1.29, 1.82) is 0 Å². The lowest BCUT2D eigenvalue weighted by Crippen LogP contribution is -2.62. The summed E-state index contributed by atoms with van der Waals surface area (Å²) >= 11 is 0. The van der Waals surface area contributed by atoms with E-state index in [1.165, 1.54) is 5.48 Å². The first kappa shape index (κ1) is 26.3. The largest absolute Gasteiger partial charge is 0.393 e. The van der Waals surface area contributed by atoms with Crippen LogP contribution in [0.15, 0.2) is 0 Å². The van der Waals surface area contributed by atoms with Crippen LogP contribution in [0.25, 0.3) is 0 Å². The van der Waals surface area contributed by atoms with E-state index in [9.17, 15) is 24.6 Å². The Bertz CT molecular complexity index is 598. The summed E-state index contributed by atoms with van der Waals surface area (Å²) in [6, 6.07) is -0.813. The molecule has 9 heteroatoms. The molecule has 0 spiro atoms. The fourth-order valence-corrected chi connectivity index (χ4v) is 3.99. The first-order valence-electron chi connectivity index (χ1n) is 10.8. The molecule has 1 aliphatic rings. The second-order valence-electron chi connectivity index (χ2n) is 9.83. The summed E-state index contributed by atoms with van der Waals surface area (Å²) in [5.74, 6) is -3.78. The minimum atomic E-state index is -2.51. The Morgan fingerprint density at radius 1 is 1.03 bits per heavy atom. The minimum absolute atomic E-state index is 0.0568. The van der Waals surface area contributed by atoms with Gasteiger partial charge in [-0.15, -0.1) is 0 Å². The van der Waals surface area contributed by atoms with Gasteiger partial charge in [0.2, 0.25) is 11.8 Å². The lowest BCUT2D eigenvalue weighted by molar-refractivity contribution is -0.167. The zero-order valence-electron chi connectivity index (χ0n) is 18.8. The number of nitrogens with one attached hydrogen (secondary N) is 3. The molecule has 3 amide bonds. The molecular formula is C21H39N3O6. The molecule has 0 aromatic heterocycles. The second-order valence-corrected chi connectivity index (χ2v) is 9.83. The number of aliphatic hydroxyl groups is 2. The lowest BCUT2D eigenvalue weighted by atomic mass is 9.79. The fourth-order valence-electron chi connectivity index (χ4n) is 3.99. The summed E-state index contributed by atoms with van der Waals surface area (Å²) in [5.41, 5.74) is -1.68. The van der Waals surface area contributed by atoms with Crippen molar-refractivity contribution < 1.29 is 29.8 Å². The van der Waals surface area contributed by atoms with E-state index in [4.69, 9.17) is 5.21 Å². The van der Waals surface area contributed by atoms with Gasteiger partial charge in [-0.2, -0.15) is 0 Å². The van der Waals surface area contributed by atoms with Crippen molar-refractivity contribution in [3.05, 3.63) is 0 Å². The summed E-state index contributed by atoms with van der Waals surface area (Å²) in [7, 11) is 0. The van der Waals surface area contributed by atoms with Crippen molar-refractivity contribution in [1.82, 2.24) is 16.1 Å². The van der Waals surface area contributed by atoms with Gasteiger partial charge in [0.15, 0.2) is 5.60 Å². The molecule has 9 nitrogen and oxygen atoms in total. The summed E-state index contributed by atoms with van der Waals surface area (Å²) in [6.45, 7) is 8.11. The van der Waals surface area contributed by atoms with E-state index in [-0.39, 0.29) is 24.2 Å². The SMILES string of the molecule is CC(C)C[C@@H](C(=O)N[C@H](C(=O)NC(C)(C)C)C1CCCCC1)[C@](O)(CO)C(=O)NO. The lowest BCUT2D eigenvalue weighted by Gasteiger charge is -2.36. The number of carbonyl (C=O) groups is 3. The van der Waals surface area contributed by atoms with Crippen LogP contribution in [0.4, 0.5) is 0 Å². The Hall–Kier alpha value is -1.71. The van der Waals surface area contributed by atoms with Crippen molar-refractivity contribution in [3.8, 4) is 0 Å². The summed E-state index contributed by atoms with van der Waals surface area (Å²) in [6.07, 6.45) is 4.66. The van der Waals surface area contributed by atoms with Gasteiger partial charge in [0, 0.05) is 5.54 Å². The molecule has 1 saturated carbocycles. The van der Waals surface area contributed by atoms with Crippen LogP contribution in [0.1, 0.15) is 73.1 Å². The summed E-state index contributed by atoms with van der Waals surface area (Å²) < 4.78 is 0. The van der Waals surface area contributed by atoms with Gasteiger partial charge in [0.25, 0.3) is 5.91 Å². The predicted molar refractivity (Wildman–Crippen MR) is 111 cm³/mol. The molecule has 30 heavy (non-hydrogen) atoms. The highest BCUT2D eigenvalue weighted by atomic mass is 16.5. The van der Waals surface area contributed by atoms with Crippen molar-refractivity contribution in [2.75, 3.05) is 6.61 Å². The molecular weight excluding hydrogens is 390 g/mol. The standard InChI is InChI=1S/C21H39N3O6/c1-13(2)11-15(21(29,12-25)19(28)24-30)17(26)22-16(14-9-7-6-8-10-14)18(27)23-20(3,4)5/h13-16,25,29-30H,6-12H2,1-5H3,(H,22,26)(H,23,27)(H,24,28)/t15-,16-,21+/m0/s1. The maximum absolute atomic E-state index is 13.2. The molecule has 0 heterocycles. The van der Waals surface area contributed by atoms with Gasteiger partial charge in [0.1, 0.15) is 6.04 Å². The highest BCUT2D eigenvalue weighted by Crippen LogP contribution is 2.29. The molecule has 0 bridgehead atoms. The summed E-state index contributed by atoms with van der Waals surface area (Å²) in [5, 5.41) is 35.1. The molecule has 174 valence electrons. The van der Waals surface area contributed by atoms with Gasteiger partial charge in [-0.05, 0) is 51.9 Å². The van der Waals surface area contributed by atoms with Crippen LogP contribution in [0.5, 0.6) is 0 Å². The van der Waals surface area contributed by atoms with E-state index >= 15 is 0 Å². The number of hydroxylamine groups is 1. The van der Waals surface area contributed by atoms with Gasteiger partial charge in [0.05, 0.1) is 12.5 Å². The molecule has 1 aliphatic carbocycles. The monoisotopic (exact) mass is 429 g/mol. The number of hydrogen-bond donors (Lipinski definition) is 6. The van der Waals surface area contributed by atoms with Crippen molar-refractivity contribution >= 4 is 17.7 Å². The Morgan fingerprint density at radius 2 is 1.60 bits per heavy atom. The quantitative estimate of drug-likeness (QED) is 0.237. The van der Waals surface area contributed by atoms with Crippen molar-refractivity contribution in [2.24, 2.45) is 17.8 Å². The number of rotatable bonds is 9. The highest BCUT2D eigenvalue weighted by molar-refractivity contribution is 5.94. The van der Waals surface area contributed by atoms with Crippen LogP contribution < -0.4 is 16.1 Å². The maximum atomic E-state index is 13.2. The predicted octanol–water partition coefficient (Wildman–Crippen LogP) is 0.857. The Kier molecular flexibility index (Phi) is 9.71. The third-order valence-corrected chi connectivity index (χ3v) is 5.54. The molecule has 1 rings (SSSR count). The molecule has 1 fully saturated rings. The molecule has 0 unspecified atom stereocenters. The molecule has 0 aromatic carbocycles. The first-order chi connectivity index (χ1) is 13.9. The molecule has 0 aromatic rings. The van der Waals surface area contributed by atoms with Crippen LogP contribution in [-0.2, 0) is 14.4 Å². The van der Waals surface area contributed by atoms with Gasteiger partial charge < -0.3 is 20.8 Å². The first-order valence-corrected chi connectivity index (χ1v) is 10.8. The van der Waals surface area contributed by atoms with Crippen LogP contribution in [0.2, 0.25) is 0 Å². The van der Waals surface area contributed by atoms with Crippen LogP contribution >= 0.6 is 0 Å². The van der Waals surface area contributed by atoms with E-state index in [0.29, 0.717) is 0 Å². The van der Waals surface area contributed by atoms with E-state index in [2.05, 4.69) is 10.6 Å². The molecule has 6 N–H and O–H groups in total. The number of hydrogen-bond acceptors (Lipinski definition) is 6. The topological polar surface area (TPSA) is 148 Å². The zero-order chi connectivity index (χ0) is 23.1. The van der Waals surface area contributed by atoms with Crippen LogP contribution in [-0.4, -0.2) is 56.9 Å². The third-order valence-electron chi connectivity index (χ3n) is 5.54. The third kappa shape index (κ3) is 7.21. The average molecular weight is 430 g/mol. The van der Waals surface area contributed by atoms with Crippen LogP contribution in [0.3, 0.4) is 0 Å². The number of carbonyl (C=O) groups excluding carboxylic acids is 3. The fraction of sp³-hybridized carbons (Fsp3) is 0.857. The van der Waals surface area contributed by atoms with E-state index in [1.54, 1.807) is 13.8 Å². The van der Waals surface area contributed by atoms with Gasteiger partial charge >= 0.3 is 0 Å². The Morgan fingerprint density at radius 3 is 2.03 bits per heavy atom. The Labute approximate surface area is 179 Å². The molecule has 0 aliphatic heterocycles. The average Bonchev–Trinajstić information content (AvgIpc) is 2.67. The van der Waals surface area contributed by atoms with E-state index < -0.39 is 41.5 Å². The molecule has 0 radical (unpaired) electrons. The number of aliphatic hydroxyl groups excluding tert-OH is 1. The van der Waals surface area contributed by atoms with E-state index in [1.807, 2.05) is 20.8 Å². The van der Waals surface area contributed by atoms with Crippen molar-refractivity contribution in [3.63, 3.8) is 0 Å². The van der Waals surface area contributed by atoms with Gasteiger partial charge in [-0.25, -0.2) is 5.48 Å². The smallest absolute Gasteiger partial charge is 0.278 e. The van der Waals surface area contributed by atoms with Crippen LogP contribution in [0, 0.1) is 17.8 Å². The second kappa shape index (κ2) is 11.1. The summed E-state index contributed by atoms with van der Waals surface area (Å²) in [4.78, 5) is 38.3. The highest BCUT2D eigenvalue weighted by Gasteiger charge is 2.48. The number of amides is 3. The van der Waals surface area contributed by atoms with Gasteiger partial charge in [-0.1, -0.05) is 33.1 Å². The van der Waals surface area contributed by atoms with E-state index in [0.717, 1.165) is 32.1 Å². The maximum Gasteiger partial charge on any atom is 0.278 e. The molecule has 3 atom stereocenters. The minimum Gasteiger partial charge on any atom is -0.393 e. The normalized spacial score (nSPS) is 19.5. The van der Waals surface area contributed by atoms with Gasteiger partial charge in [-0.3, -0.25) is 19.6 Å². The molecule has 0 saturated heterocycles. The zero-order valence-corrected chi connectivity index (χ0v) is 18.8. The Balaban J connectivity index is 3.19. The van der Waals surface area contributed by atoms with Crippen molar-refractivity contribution in [2.45, 2.75) is 90.3 Å².